The Labute approximate surface area is 126 Å². The van der Waals surface area contributed by atoms with Crippen LogP contribution in [0.25, 0.3) is 0 Å². The summed E-state index contributed by atoms with van der Waals surface area (Å²) < 4.78 is 5.19. The Bertz CT molecular complexity index is 258. The maximum Gasteiger partial charge on any atom is 0.410 e. The van der Waals surface area contributed by atoms with Crippen LogP contribution in [-0.4, -0.2) is 41.4 Å². The Morgan fingerprint density at radius 2 is 2.20 bits per heavy atom. The molecule has 0 aromatic rings. The van der Waals surface area contributed by atoms with Crippen molar-refractivity contribution < 1.29 is 58.7 Å². The predicted molar refractivity (Wildman–Crippen MR) is 53.0 cm³/mol. The monoisotopic (exact) mass is 426 g/mol. The van der Waals surface area contributed by atoms with Gasteiger partial charge in [-0.15, -0.1) is 0 Å². The van der Waals surface area contributed by atoms with Gasteiger partial charge in [-0.1, -0.05) is 6.08 Å². The van der Waals surface area contributed by atoms with E-state index in [0.717, 1.165) is 5.57 Å². The van der Waals surface area contributed by atoms with Gasteiger partial charge in [0, 0.05) is 57.2 Å². The molecule has 1 amide bonds. The zero-order valence-corrected chi connectivity index (χ0v) is 14.2. The van der Waals surface area contributed by atoms with Crippen molar-refractivity contribution in [3.8, 4) is 0 Å². The topological polar surface area (TPSA) is 49.8 Å². The minimum absolute atomic E-state index is 0. The molecule has 0 bridgehead atoms. The largest absolute Gasteiger partial charge is 0.444 e. The van der Waals surface area contributed by atoms with Gasteiger partial charge < -0.3 is 14.7 Å². The van der Waals surface area contributed by atoms with Crippen LogP contribution in [-0.2, 0) is 4.74 Å². The summed E-state index contributed by atoms with van der Waals surface area (Å²) >= 11 is 0. The van der Waals surface area contributed by atoms with Crippen molar-refractivity contribution in [1.82, 2.24) is 4.90 Å². The molecule has 4 nitrogen and oxygen atoms in total. The Hall–Kier alpha value is 0.412. The van der Waals surface area contributed by atoms with Gasteiger partial charge in [-0.05, 0) is 26.3 Å². The summed E-state index contributed by atoms with van der Waals surface area (Å²) in [7, 11) is 0. The molecule has 5 heteroatoms. The van der Waals surface area contributed by atoms with Crippen LogP contribution in [0.4, 0.5) is 4.79 Å². The summed E-state index contributed by atoms with van der Waals surface area (Å²) in [6.45, 7) is 6.53. The SMILES string of the molecule is CC(C)(C)OC(=O)N1CC=C(CO)C1.[Ac]. The zero-order chi connectivity index (χ0) is 10.8. The first kappa shape index (κ1) is 15.4. The van der Waals surface area contributed by atoms with Crippen molar-refractivity contribution in [1.29, 1.82) is 0 Å². The average Bonchev–Trinajstić information content (AvgIpc) is 2.48. The van der Waals surface area contributed by atoms with E-state index in [1.54, 1.807) is 4.90 Å². The standard InChI is InChI=1S/C10H17NO3.Ac/c1-10(2,3)14-9(13)11-5-4-8(6-11)7-12;/h4,12H,5-7H2,1-3H3;. The Kier molecular flexibility index (Phi) is 6.39. The fourth-order valence-electron chi connectivity index (χ4n) is 1.19. The van der Waals surface area contributed by atoms with E-state index >= 15 is 0 Å². The van der Waals surface area contributed by atoms with Crippen LogP contribution in [0.15, 0.2) is 11.6 Å². The average molecular weight is 426 g/mol. The molecule has 1 heterocycles. The Morgan fingerprint density at radius 3 is 2.60 bits per heavy atom. The van der Waals surface area contributed by atoms with E-state index in [4.69, 9.17) is 9.84 Å². The Balaban J connectivity index is 0.00000196. The van der Waals surface area contributed by atoms with E-state index in [9.17, 15) is 4.79 Å². The van der Waals surface area contributed by atoms with E-state index < -0.39 is 5.60 Å². The summed E-state index contributed by atoms with van der Waals surface area (Å²) in [5.74, 6) is 0. The molecule has 0 spiro atoms. The van der Waals surface area contributed by atoms with Gasteiger partial charge in [0.25, 0.3) is 0 Å². The van der Waals surface area contributed by atoms with E-state index in [0.29, 0.717) is 13.1 Å². The van der Waals surface area contributed by atoms with E-state index in [-0.39, 0.29) is 56.8 Å². The minimum atomic E-state index is -0.459. The molecule has 0 aromatic carbocycles. The van der Waals surface area contributed by atoms with Crippen molar-refractivity contribution in [3.63, 3.8) is 0 Å². The number of ether oxygens (including phenoxy) is 1. The second-order valence-electron chi connectivity index (χ2n) is 4.38. The van der Waals surface area contributed by atoms with Crippen LogP contribution in [0.1, 0.15) is 20.8 Å². The zero-order valence-electron chi connectivity index (χ0n) is 9.49. The van der Waals surface area contributed by atoms with Crippen molar-refractivity contribution in [3.05, 3.63) is 11.6 Å². The van der Waals surface area contributed by atoms with Crippen molar-refractivity contribution in [2.75, 3.05) is 19.7 Å². The first-order chi connectivity index (χ1) is 6.42. The maximum absolute atomic E-state index is 11.5. The van der Waals surface area contributed by atoms with Gasteiger partial charge in [0.1, 0.15) is 5.60 Å². The number of carbonyl (C=O) groups excluding carboxylic acids is 1. The molecule has 1 rings (SSSR count). The summed E-state index contributed by atoms with van der Waals surface area (Å²) in [4.78, 5) is 13.1. The van der Waals surface area contributed by atoms with Crippen molar-refractivity contribution in [2.45, 2.75) is 26.4 Å². The molecule has 1 aliphatic rings. The van der Waals surface area contributed by atoms with Gasteiger partial charge in [-0.3, -0.25) is 0 Å². The molecule has 0 saturated carbocycles. The third-order valence-electron chi connectivity index (χ3n) is 1.85. The summed E-state index contributed by atoms with van der Waals surface area (Å²) in [5.41, 5.74) is 0.412. The van der Waals surface area contributed by atoms with Crippen LogP contribution in [0, 0.1) is 44.1 Å². The van der Waals surface area contributed by atoms with Gasteiger partial charge in [0.05, 0.1) is 6.61 Å². The van der Waals surface area contributed by atoms with E-state index in [1.165, 1.54) is 0 Å². The number of aliphatic hydroxyl groups is 1. The van der Waals surface area contributed by atoms with Gasteiger partial charge >= 0.3 is 6.09 Å². The molecule has 0 unspecified atom stereocenters. The molecule has 1 radical (unpaired) electrons. The van der Waals surface area contributed by atoms with Crippen molar-refractivity contribution in [2.24, 2.45) is 0 Å². The number of rotatable bonds is 1. The molecule has 15 heavy (non-hydrogen) atoms. The number of aliphatic hydroxyl groups excluding tert-OH is 1. The van der Waals surface area contributed by atoms with Gasteiger partial charge in [0.2, 0.25) is 0 Å². The summed E-state index contributed by atoms with van der Waals surface area (Å²) in [6, 6.07) is 0. The molecule has 83 valence electrons. The van der Waals surface area contributed by atoms with Crippen molar-refractivity contribution >= 4 is 6.09 Å². The third-order valence-corrected chi connectivity index (χ3v) is 1.85. The molecule has 0 atom stereocenters. The molecule has 0 aliphatic carbocycles. The fourth-order valence-corrected chi connectivity index (χ4v) is 1.19. The summed E-state index contributed by atoms with van der Waals surface area (Å²) in [5, 5.41) is 8.85. The number of carbonyl (C=O) groups is 1. The molecule has 0 saturated heterocycles. The van der Waals surface area contributed by atoms with Gasteiger partial charge in [-0.25, -0.2) is 4.79 Å². The molecular formula is C10H17AcNO3. The van der Waals surface area contributed by atoms with Gasteiger partial charge in [-0.2, -0.15) is 0 Å². The molecule has 1 N–H and O–H groups in total. The molecule has 1 aliphatic heterocycles. The molecule has 0 fully saturated rings. The van der Waals surface area contributed by atoms with E-state index in [1.807, 2.05) is 26.8 Å². The first-order valence-electron chi connectivity index (χ1n) is 4.69. The van der Waals surface area contributed by atoms with Crippen LogP contribution >= 0.6 is 0 Å². The van der Waals surface area contributed by atoms with Crippen LogP contribution in [0.5, 0.6) is 0 Å². The number of hydrogen-bond acceptors (Lipinski definition) is 3. The maximum atomic E-state index is 11.5. The Morgan fingerprint density at radius 1 is 1.60 bits per heavy atom. The van der Waals surface area contributed by atoms with Crippen LogP contribution < -0.4 is 0 Å². The van der Waals surface area contributed by atoms with Crippen LogP contribution in [0.2, 0.25) is 0 Å². The smallest absolute Gasteiger partial charge is 0.410 e. The van der Waals surface area contributed by atoms with E-state index in [2.05, 4.69) is 0 Å². The second-order valence-corrected chi connectivity index (χ2v) is 4.38. The quantitative estimate of drug-likeness (QED) is 0.641. The number of nitrogens with zero attached hydrogens (tertiary/aromatic N) is 1. The predicted octanol–water partition coefficient (Wildman–Crippen LogP) is 1.16. The number of amides is 1. The molecule has 0 aromatic heterocycles. The van der Waals surface area contributed by atoms with Gasteiger partial charge in [0.15, 0.2) is 0 Å². The first-order valence-corrected chi connectivity index (χ1v) is 4.69. The summed E-state index contributed by atoms with van der Waals surface area (Å²) in [6.07, 6.45) is 1.53. The third kappa shape index (κ3) is 5.33. The second kappa shape index (κ2) is 6.22. The normalized spacial score (nSPS) is 15.7. The molecular weight excluding hydrogens is 409 g/mol. The van der Waals surface area contributed by atoms with Crippen LogP contribution in [0.3, 0.4) is 0 Å². The number of hydrogen-bond donors (Lipinski definition) is 1. The fraction of sp³-hybridized carbons (Fsp3) is 0.700. The minimum Gasteiger partial charge on any atom is -0.444 e.